The Morgan fingerprint density at radius 2 is 2.25 bits per heavy atom. The number of methoxy groups -OCH3 is 1. The number of benzene rings is 1. The van der Waals surface area contributed by atoms with Crippen molar-refractivity contribution in [3.05, 3.63) is 33.7 Å². The van der Waals surface area contributed by atoms with Crippen molar-refractivity contribution < 1.29 is 13.9 Å². The van der Waals surface area contributed by atoms with Crippen molar-refractivity contribution in [2.24, 2.45) is 0 Å². The maximum Gasteiger partial charge on any atom is 0.340 e. The highest BCUT2D eigenvalue weighted by molar-refractivity contribution is 9.10. The van der Waals surface area contributed by atoms with Crippen LogP contribution in [0.5, 0.6) is 0 Å². The van der Waals surface area contributed by atoms with Gasteiger partial charge in [-0.3, -0.25) is 0 Å². The first-order valence-corrected chi connectivity index (χ1v) is 5.39. The average Bonchev–Trinajstić information content (AvgIpc) is 2.65. The van der Waals surface area contributed by atoms with Gasteiger partial charge in [-0.25, -0.2) is 9.18 Å². The number of ether oxygens (including phenoxy) is 1. The number of aromatic nitrogens is 1. The van der Waals surface area contributed by atoms with Crippen molar-refractivity contribution in [3.8, 4) is 0 Å². The number of H-pyrrole nitrogens is 1. The monoisotopic (exact) mass is 285 g/mol. The fourth-order valence-corrected chi connectivity index (χ4v) is 2.30. The fraction of sp³-hybridized carbons (Fsp3) is 0.182. The molecule has 84 valence electrons. The molecule has 1 heterocycles. The molecule has 2 rings (SSSR count). The summed E-state index contributed by atoms with van der Waals surface area (Å²) in [5.74, 6) is -1.03. The van der Waals surface area contributed by atoms with Crippen molar-refractivity contribution in [2.45, 2.75) is 6.92 Å². The Balaban J connectivity index is 2.86. The topological polar surface area (TPSA) is 42.1 Å². The number of hydrogen-bond donors (Lipinski definition) is 1. The van der Waals surface area contributed by atoms with Gasteiger partial charge in [0, 0.05) is 11.6 Å². The number of carbonyl (C=O) groups excluding carboxylic acids is 1. The molecule has 16 heavy (non-hydrogen) atoms. The Morgan fingerprint density at radius 1 is 1.56 bits per heavy atom. The van der Waals surface area contributed by atoms with E-state index in [9.17, 15) is 9.18 Å². The van der Waals surface area contributed by atoms with Crippen molar-refractivity contribution in [1.29, 1.82) is 0 Å². The minimum Gasteiger partial charge on any atom is -0.465 e. The van der Waals surface area contributed by atoms with E-state index in [2.05, 4.69) is 25.7 Å². The zero-order valence-electron chi connectivity index (χ0n) is 8.73. The van der Waals surface area contributed by atoms with Gasteiger partial charge in [0.1, 0.15) is 5.82 Å². The minimum atomic E-state index is -0.557. The molecule has 1 aromatic heterocycles. The Hall–Kier alpha value is -1.36. The highest BCUT2D eigenvalue weighted by Crippen LogP contribution is 2.32. The summed E-state index contributed by atoms with van der Waals surface area (Å²) in [6.07, 6.45) is 1.72. The molecule has 0 spiro atoms. The van der Waals surface area contributed by atoms with Crippen LogP contribution in [0.1, 0.15) is 15.9 Å². The molecule has 0 saturated heterocycles. The van der Waals surface area contributed by atoms with Gasteiger partial charge in [-0.05, 0) is 34.5 Å². The number of rotatable bonds is 1. The molecular weight excluding hydrogens is 277 g/mol. The van der Waals surface area contributed by atoms with Crippen molar-refractivity contribution in [2.75, 3.05) is 7.11 Å². The largest absolute Gasteiger partial charge is 0.465 e. The Kier molecular flexibility index (Phi) is 2.71. The summed E-state index contributed by atoms with van der Waals surface area (Å²) in [6, 6.07) is 1.16. The van der Waals surface area contributed by atoms with E-state index in [1.54, 1.807) is 6.20 Å². The van der Waals surface area contributed by atoms with Crippen LogP contribution in [0.15, 0.2) is 16.7 Å². The highest BCUT2D eigenvalue weighted by atomic mass is 79.9. The summed E-state index contributed by atoms with van der Waals surface area (Å²) in [4.78, 5) is 14.4. The Labute approximate surface area is 99.7 Å². The van der Waals surface area contributed by atoms with Crippen LogP contribution in [0, 0.1) is 12.7 Å². The van der Waals surface area contributed by atoms with E-state index in [1.165, 1.54) is 7.11 Å². The van der Waals surface area contributed by atoms with Gasteiger partial charge in [0.2, 0.25) is 0 Å². The van der Waals surface area contributed by atoms with E-state index in [0.29, 0.717) is 15.4 Å². The molecule has 3 nitrogen and oxygen atoms in total. The molecule has 5 heteroatoms. The predicted octanol–water partition coefficient (Wildman–Crippen LogP) is 3.16. The van der Waals surface area contributed by atoms with E-state index in [0.717, 1.165) is 11.6 Å². The normalized spacial score (nSPS) is 10.8. The zero-order chi connectivity index (χ0) is 11.9. The van der Waals surface area contributed by atoms with E-state index in [4.69, 9.17) is 0 Å². The number of aryl methyl sites for hydroxylation is 1. The van der Waals surface area contributed by atoms with E-state index >= 15 is 0 Å². The zero-order valence-corrected chi connectivity index (χ0v) is 10.3. The van der Waals surface area contributed by atoms with Crippen molar-refractivity contribution in [3.63, 3.8) is 0 Å². The van der Waals surface area contributed by atoms with Crippen LogP contribution < -0.4 is 0 Å². The van der Waals surface area contributed by atoms with Gasteiger partial charge < -0.3 is 9.72 Å². The smallest absolute Gasteiger partial charge is 0.340 e. The van der Waals surface area contributed by atoms with E-state index in [-0.39, 0.29) is 5.56 Å². The average molecular weight is 286 g/mol. The molecule has 1 N–H and O–H groups in total. The number of hydrogen-bond acceptors (Lipinski definition) is 2. The second-order valence-corrected chi connectivity index (χ2v) is 4.23. The van der Waals surface area contributed by atoms with Gasteiger partial charge in [-0.2, -0.15) is 0 Å². The van der Waals surface area contributed by atoms with E-state index in [1.807, 2.05) is 6.92 Å². The summed E-state index contributed by atoms with van der Waals surface area (Å²) >= 11 is 3.17. The number of halogens is 2. The molecule has 0 aliphatic heterocycles. The number of fused-ring (bicyclic) bond motifs is 1. The summed E-state index contributed by atoms with van der Waals surface area (Å²) in [5, 5.41) is 0.667. The predicted molar refractivity (Wildman–Crippen MR) is 62.0 cm³/mol. The van der Waals surface area contributed by atoms with Gasteiger partial charge in [-0.15, -0.1) is 0 Å². The van der Waals surface area contributed by atoms with Crippen LogP contribution >= 0.6 is 15.9 Å². The molecule has 0 unspecified atom stereocenters. The summed E-state index contributed by atoms with van der Waals surface area (Å²) < 4.78 is 18.6. The van der Waals surface area contributed by atoms with Crippen LogP contribution in [0.2, 0.25) is 0 Å². The van der Waals surface area contributed by atoms with Gasteiger partial charge in [-0.1, -0.05) is 0 Å². The standard InChI is InChI=1S/C11H9BrFNO2/c1-5-4-14-10-6(11(15)16-2)3-7(13)9(12)8(5)10/h3-4,14H,1-2H3. The Morgan fingerprint density at radius 3 is 2.88 bits per heavy atom. The van der Waals surface area contributed by atoms with Crippen molar-refractivity contribution in [1.82, 2.24) is 4.98 Å². The maximum atomic E-state index is 13.6. The highest BCUT2D eigenvalue weighted by Gasteiger charge is 2.18. The lowest BCUT2D eigenvalue weighted by molar-refractivity contribution is 0.0602. The van der Waals surface area contributed by atoms with Crippen molar-refractivity contribution >= 4 is 32.8 Å². The van der Waals surface area contributed by atoms with E-state index < -0.39 is 11.8 Å². The number of carbonyl (C=O) groups is 1. The van der Waals surface area contributed by atoms with Crippen LogP contribution in [-0.2, 0) is 4.74 Å². The molecule has 0 saturated carbocycles. The lowest BCUT2D eigenvalue weighted by Crippen LogP contribution is -2.03. The Bertz CT molecular complexity index is 577. The first-order valence-electron chi connectivity index (χ1n) is 4.60. The number of aromatic amines is 1. The van der Waals surface area contributed by atoms with Gasteiger partial charge in [0.05, 0.1) is 22.7 Å². The molecule has 0 fully saturated rings. The van der Waals surface area contributed by atoms with Crippen LogP contribution in [0.25, 0.3) is 10.9 Å². The molecule has 0 radical (unpaired) electrons. The minimum absolute atomic E-state index is 0.200. The maximum absolute atomic E-state index is 13.6. The first-order chi connectivity index (χ1) is 7.56. The summed E-state index contributed by atoms with van der Waals surface area (Å²) in [7, 11) is 1.27. The molecule has 0 atom stereocenters. The second-order valence-electron chi connectivity index (χ2n) is 3.43. The third-order valence-corrected chi connectivity index (χ3v) is 3.23. The third-order valence-electron chi connectivity index (χ3n) is 2.45. The van der Waals surface area contributed by atoms with Crippen LogP contribution in [0.3, 0.4) is 0 Å². The number of esters is 1. The lowest BCUT2D eigenvalue weighted by Gasteiger charge is -2.04. The fourth-order valence-electron chi connectivity index (χ4n) is 1.67. The van der Waals surface area contributed by atoms with Crippen LogP contribution in [0.4, 0.5) is 4.39 Å². The molecule has 0 bridgehead atoms. The second kappa shape index (κ2) is 3.90. The van der Waals surface area contributed by atoms with Crippen LogP contribution in [-0.4, -0.2) is 18.1 Å². The molecule has 0 amide bonds. The van der Waals surface area contributed by atoms with Gasteiger partial charge in [0.25, 0.3) is 0 Å². The number of nitrogens with one attached hydrogen (secondary N) is 1. The molecule has 2 aromatic rings. The lowest BCUT2D eigenvalue weighted by atomic mass is 10.1. The summed E-state index contributed by atoms with van der Waals surface area (Å²) in [6.45, 7) is 1.84. The molecule has 1 aromatic carbocycles. The summed E-state index contributed by atoms with van der Waals surface area (Å²) in [5.41, 5.74) is 1.65. The van der Waals surface area contributed by atoms with Gasteiger partial charge in [0.15, 0.2) is 0 Å². The molecule has 0 aliphatic rings. The quantitative estimate of drug-likeness (QED) is 0.818. The SMILES string of the molecule is COC(=O)c1cc(F)c(Br)c2c(C)c[nH]c12. The van der Waals surface area contributed by atoms with Gasteiger partial charge >= 0.3 is 5.97 Å². The first kappa shape index (κ1) is 11.1. The molecular formula is C11H9BrFNO2. The third kappa shape index (κ3) is 1.51. The molecule has 0 aliphatic carbocycles.